The molecule has 1 fully saturated rings. The number of rotatable bonds is 2. The summed E-state index contributed by atoms with van der Waals surface area (Å²) in [4.78, 5) is 16.4. The molecule has 3 unspecified atom stereocenters. The monoisotopic (exact) mass is 195 g/mol. The lowest BCUT2D eigenvalue weighted by molar-refractivity contribution is -0.729. The molecule has 1 N–H and O–H groups in total. The maximum Gasteiger partial charge on any atom is 0.309 e. The van der Waals surface area contributed by atoms with E-state index in [1.54, 1.807) is 0 Å². The lowest BCUT2D eigenvalue weighted by Gasteiger charge is -2.12. The van der Waals surface area contributed by atoms with Crippen LogP contribution in [0.15, 0.2) is 16.9 Å². The van der Waals surface area contributed by atoms with Gasteiger partial charge in [0.05, 0.1) is 25.8 Å². The summed E-state index contributed by atoms with van der Waals surface area (Å²) in [7, 11) is 2.05. The molecule has 4 nitrogen and oxygen atoms in total. The largest absolute Gasteiger partial charge is 0.465 e. The van der Waals surface area contributed by atoms with Crippen molar-refractivity contribution in [3.8, 4) is 0 Å². The van der Waals surface area contributed by atoms with Gasteiger partial charge in [0.1, 0.15) is 5.70 Å². The predicted molar refractivity (Wildman–Crippen MR) is 51.7 cm³/mol. The van der Waals surface area contributed by atoms with Gasteiger partial charge in [-0.1, -0.05) is 6.92 Å². The fourth-order valence-corrected chi connectivity index (χ4v) is 1.81. The Hall–Kier alpha value is -1.16. The highest BCUT2D eigenvalue weighted by Gasteiger charge is 2.35. The van der Waals surface area contributed by atoms with Crippen LogP contribution < -0.4 is 4.90 Å². The van der Waals surface area contributed by atoms with Gasteiger partial charge in [0.15, 0.2) is 6.34 Å². The second kappa shape index (κ2) is 3.53. The lowest BCUT2D eigenvalue weighted by Crippen LogP contribution is -3.05. The van der Waals surface area contributed by atoms with Gasteiger partial charge in [-0.05, 0) is 0 Å². The van der Waals surface area contributed by atoms with Crippen molar-refractivity contribution in [3.63, 3.8) is 0 Å². The third kappa shape index (κ3) is 1.57. The molecule has 0 aromatic heterocycles. The Morgan fingerprint density at radius 3 is 3.00 bits per heavy atom. The zero-order valence-corrected chi connectivity index (χ0v) is 8.49. The number of esters is 1. The summed E-state index contributed by atoms with van der Waals surface area (Å²) in [6.45, 7) is 2.50. The standard InChI is InChI=1S/C10H14N2O2/c1-7-8(5-14-10(7)13)3-9-4-11-6-12(9)2/h4,6-8H,3,5H2,1-2H3/p+1. The van der Waals surface area contributed by atoms with Crippen molar-refractivity contribution in [2.75, 3.05) is 13.7 Å². The van der Waals surface area contributed by atoms with Crippen molar-refractivity contribution in [1.29, 1.82) is 0 Å². The zero-order valence-electron chi connectivity index (χ0n) is 8.49. The summed E-state index contributed by atoms with van der Waals surface area (Å²) < 4.78 is 5.01. The molecule has 0 radical (unpaired) electrons. The number of allylic oxidation sites excluding steroid dienone is 1. The zero-order chi connectivity index (χ0) is 10.1. The Kier molecular flexibility index (Phi) is 2.37. The van der Waals surface area contributed by atoms with Gasteiger partial charge in [-0.15, -0.1) is 0 Å². The molecule has 4 heteroatoms. The first-order valence-corrected chi connectivity index (χ1v) is 4.91. The van der Waals surface area contributed by atoms with Gasteiger partial charge in [-0.2, -0.15) is 0 Å². The van der Waals surface area contributed by atoms with Gasteiger partial charge in [0, 0.05) is 12.3 Å². The quantitative estimate of drug-likeness (QED) is 0.608. The molecule has 14 heavy (non-hydrogen) atoms. The maximum absolute atomic E-state index is 11.2. The molecule has 0 spiro atoms. The molecular weight excluding hydrogens is 180 g/mol. The average Bonchev–Trinajstić information content (AvgIpc) is 2.68. The van der Waals surface area contributed by atoms with Crippen LogP contribution in [0.2, 0.25) is 0 Å². The molecule has 2 aliphatic heterocycles. The molecule has 2 heterocycles. The Morgan fingerprint density at radius 1 is 1.71 bits per heavy atom. The SMILES string of the molecule is CC1C(=O)OCC1CC1=CN=C[NH+]1C. The van der Waals surface area contributed by atoms with Gasteiger partial charge < -0.3 is 4.74 Å². The summed E-state index contributed by atoms with van der Waals surface area (Å²) in [5, 5.41) is 0. The van der Waals surface area contributed by atoms with E-state index in [-0.39, 0.29) is 11.9 Å². The minimum Gasteiger partial charge on any atom is -0.465 e. The third-order valence-corrected chi connectivity index (χ3v) is 3.01. The molecule has 1 saturated heterocycles. The number of hydrogen-bond donors (Lipinski definition) is 1. The van der Waals surface area contributed by atoms with Crippen molar-refractivity contribution in [1.82, 2.24) is 0 Å². The van der Waals surface area contributed by atoms with E-state index in [2.05, 4.69) is 4.99 Å². The van der Waals surface area contributed by atoms with Crippen LogP contribution in [0.5, 0.6) is 0 Å². The van der Waals surface area contributed by atoms with Gasteiger partial charge in [0.25, 0.3) is 0 Å². The number of carbonyl (C=O) groups is 1. The maximum atomic E-state index is 11.2. The first-order valence-electron chi connectivity index (χ1n) is 4.91. The van der Waals surface area contributed by atoms with E-state index in [1.165, 1.54) is 10.6 Å². The Balaban J connectivity index is 1.96. The van der Waals surface area contributed by atoms with E-state index in [1.807, 2.05) is 26.5 Å². The second-order valence-electron chi connectivity index (χ2n) is 4.00. The fourth-order valence-electron chi connectivity index (χ4n) is 1.81. The number of quaternary nitrogens is 1. The van der Waals surface area contributed by atoms with Crippen LogP contribution in [0.4, 0.5) is 0 Å². The number of nitrogens with zero attached hydrogens (tertiary/aromatic N) is 1. The average molecular weight is 195 g/mol. The van der Waals surface area contributed by atoms with Gasteiger partial charge in [-0.25, -0.2) is 4.99 Å². The van der Waals surface area contributed by atoms with Crippen LogP contribution in [0.25, 0.3) is 0 Å². The van der Waals surface area contributed by atoms with Crippen LogP contribution in [-0.2, 0) is 9.53 Å². The highest BCUT2D eigenvalue weighted by atomic mass is 16.5. The molecule has 0 aromatic rings. The Bertz CT molecular complexity index is 309. The minimum absolute atomic E-state index is 0.0318. The van der Waals surface area contributed by atoms with Crippen LogP contribution >= 0.6 is 0 Å². The molecule has 0 aliphatic carbocycles. The highest BCUT2D eigenvalue weighted by Crippen LogP contribution is 2.26. The van der Waals surface area contributed by atoms with Crippen LogP contribution in [0.3, 0.4) is 0 Å². The van der Waals surface area contributed by atoms with E-state index in [0.29, 0.717) is 12.5 Å². The van der Waals surface area contributed by atoms with Crippen molar-refractivity contribution in [2.45, 2.75) is 13.3 Å². The normalized spacial score (nSPS) is 36.0. The summed E-state index contributed by atoms with van der Waals surface area (Å²) >= 11 is 0. The van der Waals surface area contributed by atoms with Gasteiger partial charge >= 0.3 is 5.97 Å². The van der Waals surface area contributed by atoms with Crippen LogP contribution in [-0.4, -0.2) is 26.0 Å². The number of ether oxygens (including phenoxy) is 1. The first kappa shape index (κ1) is 9.40. The molecule has 0 saturated carbocycles. The number of aliphatic imine (C=N–C) groups is 1. The molecule has 2 aliphatic rings. The highest BCUT2D eigenvalue weighted by molar-refractivity contribution is 5.74. The summed E-state index contributed by atoms with van der Waals surface area (Å²) in [5.41, 5.74) is 1.24. The molecule has 2 rings (SSSR count). The second-order valence-corrected chi connectivity index (χ2v) is 4.00. The smallest absolute Gasteiger partial charge is 0.309 e. The molecule has 0 bridgehead atoms. The van der Waals surface area contributed by atoms with Crippen molar-refractivity contribution < 1.29 is 14.4 Å². The summed E-state index contributed by atoms with van der Waals surface area (Å²) in [6, 6.07) is 0. The van der Waals surface area contributed by atoms with E-state index in [4.69, 9.17) is 4.74 Å². The van der Waals surface area contributed by atoms with E-state index in [9.17, 15) is 4.79 Å². The van der Waals surface area contributed by atoms with Gasteiger partial charge in [0.2, 0.25) is 0 Å². The van der Waals surface area contributed by atoms with Crippen molar-refractivity contribution >= 4 is 12.3 Å². The number of nitrogens with one attached hydrogen (secondary N) is 1. The minimum atomic E-state index is -0.0628. The summed E-state index contributed by atoms with van der Waals surface area (Å²) in [5.74, 6) is 0.293. The topological polar surface area (TPSA) is 43.1 Å². The third-order valence-electron chi connectivity index (χ3n) is 3.01. The molecule has 76 valence electrons. The van der Waals surface area contributed by atoms with Crippen LogP contribution in [0, 0.1) is 11.8 Å². The first-order chi connectivity index (χ1) is 6.68. The van der Waals surface area contributed by atoms with Gasteiger partial charge in [-0.3, -0.25) is 9.69 Å². The number of cyclic esters (lactones) is 1. The summed E-state index contributed by atoms with van der Waals surface area (Å²) in [6.07, 6.45) is 4.64. The number of carbonyl (C=O) groups excluding carboxylic acids is 1. The van der Waals surface area contributed by atoms with Crippen molar-refractivity contribution in [2.24, 2.45) is 16.8 Å². The van der Waals surface area contributed by atoms with E-state index < -0.39 is 0 Å². The molecule has 0 amide bonds. The number of hydrogen-bond acceptors (Lipinski definition) is 3. The Labute approximate surface area is 83.3 Å². The predicted octanol–water partition coefficient (Wildman–Crippen LogP) is -0.416. The van der Waals surface area contributed by atoms with Crippen LogP contribution in [0.1, 0.15) is 13.3 Å². The van der Waals surface area contributed by atoms with Crippen molar-refractivity contribution in [3.05, 3.63) is 11.9 Å². The van der Waals surface area contributed by atoms with E-state index in [0.717, 1.165) is 6.42 Å². The Morgan fingerprint density at radius 2 is 2.50 bits per heavy atom. The fraction of sp³-hybridized carbons (Fsp3) is 0.600. The molecular formula is C10H15N2O2+. The lowest BCUT2D eigenvalue weighted by atomic mass is 9.93. The van der Waals surface area contributed by atoms with E-state index >= 15 is 0 Å². The molecule has 0 aromatic carbocycles. The molecule has 3 atom stereocenters.